The number of carbonyl (C=O) groups is 2. The molecule has 2 saturated heterocycles. The molecule has 10 aromatic heterocycles. The number of aromatic nitrogens is 19. The number of amides is 2. The summed E-state index contributed by atoms with van der Waals surface area (Å²) in [5, 5.41) is 31.2. The highest BCUT2D eigenvalue weighted by atomic mass is 16.5. The van der Waals surface area contributed by atoms with Crippen LogP contribution in [0.2, 0.25) is 0 Å². The van der Waals surface area contributed by atoms with Crippen molar-refractivity contribution >= 4 is 152 Å². The van der Waals surface area contributed by atoms with Crippen molar-refractivity contribution in [1.29, 1.82) is 5.26 Å². The van der Waals surface area contributed by atoms with Crippen LogP contribution in [-0.4, -0.2) is 171 Å². The highest BCUT2D eigenvalue weighted by Gasteiger charge is 2.25. The molecule has 11 aromatic carbocycles. The van der Waals surface area contributed by atoms with Crippen LogP contribution in [0.4, 0.5) is 63.9 Å². The summed E-state index contributed by atoms with van der Waals surface area (Å²) in [7, 11) is 2.16. The van der Waals surface area contributed by atoms with Gasteiger partial charge in [0.1, 0.15) is 108 Å². The summed E-state index contributed by atoms with van der Waals surface area (Å²) in [4.78, 5) is 99.4. The van der Waals surface area contributed by atoms with Gasteiger partial charge in [0.25, 0.3) is 11.8 Å². The minimum Gasteiger partial charge on any atom is -0.457 e. The minimum atomic E-state index is -0.0876. The maximum absolute atomic E-state index is 12.6. The van der Waals surface area contributed by atoms with Gasteiger partial charge in [0.2, 0.25) is 5.95 Å². The number of likely N-dealkylation sites (N-methyl/N-ethyl adjacent to an activating group) is 1. The van der Waals surface area contributed by atoms with Gasteiger partial charge in [0.15, 0.2) is 0 Å². The standard InChI is InChI=1S/C21H22N4O2.C20H20N4O.C16H12N6.C15H10N4.C14H11N3O.C13H17N5.C12H11N7/c1-13-4-5-15(21(26)23-11-16-3-2-8-27-16)10-17(13)14-6-7-19-18(9-14)20(22)25-12-24-19;1-12-2-5-15(20(25)22-10-13-3-4-13)9-16(12)14-6-7-18-17(8-14)19(21)24-11-23-18;17-16-11-7-10(4-5-13(11)19-9-20-16)12-8-21-22-15(12)14-3-1-2-6-18-14;16-8-12-6-11(10-4-2-1-3-5-10)7-13-14(12)18-9-19-15(13)17;15-14-12-8-11(6-7-13(12)16-9-17-14)18-10-4-2-1-3-5-10;1-17-4-6-18(7-5-17)10-2-3-12-11(8-10)13(14)16-9-15-12;13-11-8-5-7(1-2-9(8)16-6-17-11)18-10-3-4-15-12(14)19-10/h4-7,9-10,12,16H,2-3,8,11H2,1H3,(H,23,26)(H2,22,24,25);2,5-9,11,13H,3-4,10H2,1H3,(H,22,25)(H2,21,23,24);1-9H,(H,21,22)(H2,17,19,20);1-7,9H,(H2,17,18,19);1-9H,(H2,15,16,17);2-3,8-9H,4-7H2,1H3,(H2,14,15,16);1-6H,(H2,13,16,17)(H3,14,15,18,19)/t16-;;;;;;/m0....../s1. The van der Waals surface area contributed by atoms with Gasteiger partial charge in [-0.2, -0.15) is 15.3 Å². The zero-order valence-corrected chi connectivity index (χ0v) is 80.9. The van der Waals surface area contributed by atoms with Gasteiger partial charge in [0.05, 0.1) is 67.9 Å². The summed E-state index contributed by atoms with van der Waals surface area (Å²) < 4.78 is 11.3. The molecular weight excluding hydrogens is 1860 g/mol. The highest BCUT2D eigenvalue weighted by molar-refractivity contribution is 6.01. The molecule has 12 heterocycles. The molecule has 24 rings (SSSR count). The van der Waals surface area contributed by atoms with E-state index in [0.29, 0.717) is 86.6 Å². The number of hydrogen-bond donors (Lipinski definition) is 12. The topological polar surface area (TPSA) is 575 Å². The predicted molar refractivity (Wildman–Crippen MR) is 581 cm³/mol. The van der Waals surface area contributed by atoms with E-state index >= 15 is 0 Å². The van der Waals surface area contributed by atoms with E-state index < -0.39 is 0 Å². The fourth-order valence-corrected chi connectivity index (χ4v) is 16.8. The summed E-state index contributed by atoms with van der Waals surface area (Å²) >= 11 is 0. The Bertz CT molecular complexity index is 8400. The second kappa shape index (κ2) is 46.0. The average Bonchev–Trinajstić information content (AvgIpc) is 1.63. The Hall–Kier alpha value is -19.6. The van der Waals surface area contributed by atoms with Crippen LogP contribution in [0.1, 0.15) is 63.1 Å². The van der Waals surface area contributed by atoms with Crippen LogP contribution >= 0.6 is 0 Å². The van der Waals surface area contributed by atoms with E-state index in [0.717, 1.165) is 202 Å². The van der Waals surface area contributed by atoms with Gasteiger partial charge in [-0.3, -0.25) is 19.7 Å². The molecule has 1 atom stereocenters. The van der Waals surface area contributed by atoms with Crippen molar-refractivity contribution in [2.75, 3.05) is 109 Å². The van der Waals surface area contributed by atoms with E-state index in [2.05, 4.69) is 146 Å². The molecule has 1 aliphatic carbocycles. The second-order valence-corrected chi connectivity index (χ2v) is 35.1. The number of piperazine rings is 1. The van der Waals surface area contributed by atoms with Crippen molar-refractivity contribution < 1.29 is 19.1 Å². The van der Waals surface area contributed by atoms with Crippen molar-refractivity contribution in [2.45, 2.75) is 45.6 Å². The smallest absolute Gasteiger partial charge is 0.251 e. The van der Waals surface area contributed by atoms with Crippen molar-refractivity contribution in [1.82, 2.24) is 110 Å². The molecule has 2 amide bonds. The number of pyridine rings is 1. The lowest BCUT2D eigenvalue weighted by Crippen LogP contribution is -2.44. The van der Waals surface area contributed by atoms with E-state index in [1.54, 1.807) is 24.7 Å². The number of benzene rings is 11. The normalized spacial score (nSPS) is 13.0. The van der Waals surface area contributed by atoms with Crippen LogP contribution in [0.15, 0.2) is 306 Å². The molecule has 3 aliphatic rings. The van der Waals surface area contributed by atoms with E-state index in [4.69, 9.17) is 55.3 Å². The van der Waals surface area contributed by atoms with Crippen LogP contribution in [0.25, 0.3) is 132 Å². The molecule has 37 nitrogen and oxygen atoms in total. The molecule has 2 aliphatic heterocycles. The Morgan fingerprint density at radius 2 is 0.905 bits per heavy atom. The molecule has 37 heteroatoms. The summed E-state index contributed by atoms with van der Waals surface area (Å²) in [6.07, 6.45) is 19.9. The van der Waals surface area contributed by atoms with Gasteiger partial charge in [-0.25, -0.2) is 74.8 Å². The number of nitrogen functional groups attached to an aromatic ring is 8. The monoisotopic (exact) mass is 1960 g/mol. The molecule has 1 saturated carbocycles. The lowest BCUT2D eigenvalue weighted by molar-refractivity contribution is 0.0857. The van der Waals surface area contributed by atoms with Crippen LogP contribution in [0, 0.1) is 31.1 Å². The number of aromatic amines is 1. The Morgan fingerprint density at radius 3 is 1.43 bits per heavy atom. The summed E-state index contributed by atoms with van der Waals surface area (Å²) in [6, 6.07) is 79.5. The molecular formula is C111H103N33O4. The third-order valence-corrected chi connectivity index (χ3v) is 25.0. The molecule has 20 N–H and O–H groups in total. The van der Waals surface area contributed by atoms with E-state index in [-0.39, 0.29) is 23.9 Å². The molecule has 0 bridgehead atoms. The minimum absolute atomic E-state index is 0.0169. The SMILES string of the molecule is CN1CCN(c2ccc3ncnc(N)c3c2)CC1.Cc1ccc(C(=O)NCC2CC2)cc1-c1ccc2ncnc(N)c2c1.Cc1ccc(C(=O)NC[C@@H]2CCCO2)cc1-c1ccc2ncnc(N)c2c1.N#Cc1cc(-c2ccccc2)cc2c(N)ncnc12.Nc1nccc(Nc2ccc3ncnc(N)c3c2)n1.Nc1ncnc2ccc(-c3cn[nH]c3-c3ccccn3)cc12.Nc1ncnc2ccc(Oc3ccccc3)cc12. The maximum atomic E-state index is 12.6. The van der Waals surface area contributed by atoms with Crippen LogP contribution in [0.3, 0.4) is 0 Å². The number of hydrogen-bond acceptors (Lipinski definition) is 34. The third-order valence-electron chi connectivity index (χ3n) is 25.0. The largest absolute Gasteiger partial charge is 0.457 e. The fourth-order valence-electron chi connectivity index (χ4n) is 16.8. The zero-order chi connectivity index (χ0) is 103. The number of carbonyl (C=O) groups excluding carboxylic acids is 2. The van der Waals surface area contributed by atoms with Gasteiger partial charge >= 0.3 is 0 Å². The first-order valence-corrected chi connectivity index (χ1v) is 47.5. The van der Waals surface area contributed by atoms with E-state index in [1.807, 2.05) is 238 Å². The molecule has 21 aromatic rings. The molecule has 0 spiro atoms. The molecule has 148 heavy (non-hydrogen) atoms. The quantitative estimate of drug-likeness (QED) is 0.0427. The van der Waals surface area contributed by atoms with Crippen molar-refractivity contribution in [2.24, 2.45) is 5.92 Å². The second-order valence-electron chi connectivity index (χ2n) is 35.1. The summed E-state index contributed by atoms with van der Waals surface area (Å²) in [5.74, 6) is 6.11. The first-order valence-electron chi connectivity index (χ1n) is 47.5. The van der Waals surface area contributed by atoms with Crippen LogP contribution in [0.5, 0.6) is 11.5 Å². The van der Waals surface area contributed by atoms with Gasteiger partial charge in [-0.15, -0.1) is 0 Å². The van der Waals surface area contributed by atoms with Gasteiger partial charge < -0.3 is 81.1 Å². The lowest BCUT2D eigenvalue weighted by atomic mass is 9.96. The number of aryl methyl sites for hydroxylation is 2. The van der Waals surface area contributed by atoms with Crippen molar-refractivity contribution in [3.05, 3.63) is 333 Å². The zero-order valence-electron chi connectivity index (χ0n) is 80.9. The van der Waals surface area contributed by atoms with Gasteiger partial charge in [0, 0.05) is 124 Å². The lowest BCUT2D eigenvalue weighted by Gasteiger charge is -2.34. The molecule has 0 unspecified atom stereocenters. The van der Waals surface area contributed by atoms with Crippen molar-refractivity contribution in [3.63, 3.8) is 0 Å². The third kappa shape index (κ3) is 24.2. The fraction of sp³-hybridized carbons (Fsp3) is 0.144. The Kier molecular flexibility index (Phi) is 30.6. The Balaban J connectivity index is 0.000000114. The number of H-pyrrole nitrogens is 1. The number of nitriles is 1. The highest BCUT2D eigenvalue weighted by Crippen LogP contribution is 2.38. The van der Waals surface area contributed by atoms with Gasteiger partial charge in [-0.05, 0) is 260 Å². The number of nitrogens with zero attached hydrogens (tertiary/aromatic N) is 21. The molecule has 736 valence electrons. The first-order chi connectivity index (χ1) is 72.1. The summed E-state index contributed by atoms with van der Waals surface area (Å²) in [6.45, 7) is 10.5. The predicted octanol–water partition coefficient (Wildman–Crippen LogP) is 17.1. The summed E-state index contributed by atoms with van der Waals surface area (Å²) in [5.41, 5.74) is 68.0. The number of fused-ring (bicyclic) bond motifs is 7. The Morgan fingerprint density at radius 1 is 0.426 bits per heavy atom. The van der Waals surface area contributed by atoms with Crippen LogP contribution < -0.4 is 71.5 Å². The first kappa shape index (κ1) is 98.6. The van der Waals surface area contributed by atoms with Crippen molar-refractivity contribution in [3.8, 4) is 73.5 Å². The Labute approximate surface area is 849 Å². The van der Waals surface area contributed by atoms with Crippen LogP contribution in [-0.2, 0) is 4.74 Å². The molecule has 3 fully saturated rings. The number of anilines is 11. The number of nitrogens with two attached hydrogens (primary N) is 8. The molecule has 0 radical (unpaired) electrons. The van der Waals surface area contributed by atoms with E-state index in [1.165, 1.54) is 62.8 Å². The maximum Gasteiger partial charge on any atom is 0.251 e. The number of para-hydroxylation sites is 1. The number of nitrogens with one attached hydrogen (secondary N) is 4. The van der Waals surface area contributed by atoms with Gasteiger partial charge in [-0.1, -0.05) is 84.9 Å². The number of ether oxygens (including phenoxy) is 2. The average molecular weight is 1960 g/mol. The van der Waals surface area contributed by atoms with E-state index in [9.17, 15) is 14.9 Å². The number of rotatable bonds is 16.